The number of nitrogens with zero attached hydrogens (tertiary/aromatic N) is 3. The monoisotopic (exact) mass is 577 g/mol. The van der Waals surface area contributed by atoms with Crippen molar-refractivity contribution in [1.82, 2.24) is 19.8 Å². The highest BCUT2D eigenvalue weighted by molar-refractivity contribution is 6.01. The topological polar surface area (TPSA) is 79.3 Å². The van der Waals surface area contributed by atoms with Crippen molar-refractivity contribution < 1.29 is 9.59 Å². The van der Waals surface area contributed by atoms with E-state index in [-0.39, 0.29) is 11.7 Å². The van der Waals surface area contributed by atoms with Gasteiger partial charge in [-0.3, -0.25) is 9.59 Å². The maximum atomic E-state index is 13.5. The van der Waals surface area contributed by atoms with Crippen LogP contribution in [-0.4, -0.2) is 52.3 Å². The number of carbonyl (C=O) groups excluding carboxylic acids is 2. The summed E-state index contributed by atoms with van der Waals surface area (Å²) in [6.45, 7) is 18.7. The van der Waals surface area contributed by atoms with Crippen LogP contribution in [0.25, 0.3) is 12.2 Å². The van der Waals surface area contributed by atoms with Gasteiger partial charge in [-0.15, -0.1) is 0 Å². The summed E-state index contributed by atoms with van der Waals surface area (Å²) in [5, 5.41) is 8.35. The first-order chi connectivity index (χ1) is 20.2. The van der Waals surface area contributed by atoms with Crippen LogP contribution in [0.3, 0.4) is 0 Å². The third-order valence-corrected chi connectivity index (χ3v) is 7.34. The summed E-state index contributed by atoms with van der Waals surface area (Å²) >= 11 is 0. The number of hydrogen-bond acceptors (Lipinski definition) is 5. The average Bonchev–Trinajstić information content (AvgIpc) is 3.61. The molecule has 4 rings (SSSR count). The van der Waals surface area contributed by atoms with Crippen LogP contribution in [0.4, 0.5) is 11.6 Å². The lowest BCUT2D eigenvalue weighted by molar-refractivity contribution is -0.127. The summed E-state index contributed by atoms with van der Waals surface area (Å²) in [4.78, 5) is 32.2. The van der Waals surface area contributed by atoms with Gasteiger partial charge in [-0.05, 0) is 87.4 Å². The first-order valence-electron chi connectivity index (χ1n) is 16.0. The zero-order chi connectivity index (χ0) is 31.1. The minimum absolute atomic E-state index is 0.0967. The molecule has 0 radical (unpaired) electrons. The highest BCUT2D eigenvalue weighted by Gasteiger charge is 2.19. The van der Waals surface area contributed by atoms with E-state index in [4.69, 9.17) is 4.98 Å². The van der Waals surface area contributed by atoms with Crippen LogP contribution < -0.4 is 21.3 Å². The Morgan fingerprint density at radius 1 is 0.976 bits per heavy atom. The number of amides is 1. The van der Waals surface area contributed by atoms with Crippen molar-refractivity contribution >= 4 is 35.5 Å². The maximum Gasteiger partial charge on any atom is 0.253 e. The van der Waals surface area contributed by atoms with E-state index in [0.717, 1.165) is 47.9 Å². The number of allylic oxidation sites excluding steroid dienone is 1. The highest BCUT2D eigenvalue weighted by atomic mass is 16.2. The molecule has 1 aromatic heterocycles. The van der Waals surface area contributed by atoms with Crippen LogP contribution in [0, 0.1) is 11.8 Å². The maximum absolute atomic E-state index is 13.5. The molecule has 0 spiro atoms. The van der Waals surface area contributed by atoms with Crippen LogP contribution in [0.2, 0.25) is 0 Å². The minimum atomic E-state index is 0.0967. The number of ketones is 1. The number of hydrogen-bond donors (Lipinski definition) is 2. The van der Waals surface area contributed by atoms with E-state index in [1.807, 2.05) is 73.7 Å². The molecule has 1 aliphatic carbocycles. The first-order valence-corrected chi connectivity index (χ1v) is 16.0. The molecule has 42 heavy (non-hydrogen) atoms. The quantitative estimate of drug-likeness (QED) is 0.322. The Hall–Kier alpha value is -3.19. The third-order valence-electron chi connectivity index (χ3n) is 7.34. The lowest BCUT2D eigenvalue weighted by Gasteiger charge is -2.25. The van der Waals surface area contributed by atoms with E-state index in [9.17, 15) is 9.59 Å². The number of rotatable bonds is 11. The van der Waals surface area contributed by atoms with Gasteiger partial charge in [0.05, 0.1) is 10.7 Å². The summed E-state index contributed by atoms with van der Waals surface area (Å²) in [7, 11) is 1.95. The molecule has 1 aromatic carbocycles. The van der Waals surface area contributed by atoms with Crippen LogP contribution in [-0.2, 0) is 11.8 Å². The van der Waals surface area contributed by atoms with Crippen LogP contribution in [0.5, 0.6) is 0 Å². The first kappa shape index (κ1) is 35.0. The fraction of sp³-hybridized carbons (Fsp3) is 0.571. The molecule has 1 fully saturated rings. The van der Waals surface area contributed by atoms with E-state index in [1.54, 1.807) is 0 Å². The standard InChI is InChI=1S/C29H40N4O2.C4H9N.C2H6/c1-7-27(34)22-11-13-24(14-12-22)30-29-31-25-10-8-9-23(19-26(25)32(29)6)28(35)33(17-15-20(2)3)18-16-21(4)5;1-2-4-5-3-1;1-2/h9-14,19-21H,7-8,15-18H2,1-6H3,(H,30,31);5H,1-4H2;1-2H3. The fourth-order valence-corrected chi connectivity index (χ4v) is 4.64. The fourth-order valence-electron chi connectivity index (χ4n) is 4.64. The lowest BCUT2D eigenvalue weighted by atomic mass is 10.1. The molecule has 0 atom stereocenters. The molecule has 1 aliphatic heterocycles. The summed E-state index contributed by atoms with van der Waals surface area (Å²) < 4.78 is 1.98. The molecule has 2 heterocycles. The van der Waals surface area contributed by atoms with Gasteiger partial charge in [0.2, 0.25) is 5.95 Å². The molecular weight excluding hydrogens is 522 g/mol. The van der Waals surface area contributed by atoms with Crippen molar-refractivity contribution in [3.8, 4) is 0 Å². The van der Waals surface area contributed by atoms with E-state index >= 15 is 0 Å². The minimum Gasteiger partial charge on any atom is -0.339 e. The predicted octanol–water partition coefficient (Wildman–Crippen LogP) is 5.96. The SMILES string of the molecule is C1CCNC1.CC.CCC(=O)c1ccc(Nc2nc3c(n2C)=CC(C(=O)N(CCC(C)C)CCC(C)C)=CCC=3)cc1. The second kappa shape index (κ2) is 18.4. The van der Waals surface area contributed by atoms with Crippen LogP contribution in [0.1, 0.15) is 97.3 Å². The number of benzene rings is 1. The second-order valence-electron chi connectivity index (χ2n) is 11.6. The van der Waals surface area contributed by atoms with Gasteiger partial charge in [0.1, 0.15) is 0 Å². The van der Waals surface area contributed by atoms with Crippen LogP contribution in [0.15, 0.2) is 35.9 Å². The molecule has 232 valence electrons. The molecule has 1 saturated heterocycles. The normalized spacial score (nSPS) is 13.8. The molecular formula is C35H55N5O2. The number of Topliss-reactive ketones (excluding diaryl/α,β-unsaturated/α-hetero) is 1. The van der Waals surface area contributed by atoms with Crippen LogP contribution >= 0.6 is 0 Å². The lowest BCUT2D eigenvalue weighted by Crippen LogP contribution is -2.36. The Labute approximate surface area is 254 Å². The molecule has 0 unspecified atom stereocenters. The smallest absolute Gasteiger partial charge is 0.253 e. The van der Waals surface area contributed by atoms with Gasteiger partial charge >= 0.3 is 0 Å². The number of nitrogens with one attached hydrogen (secondary N) is 2. The predicted molar refractivity (Wildman–Crippen MR) is 177 cm³/mol. The second-order valence-corrected chi connectivity index (χ2v) is 11.6. The van der Waals surface area contributed by atoms with Gasteiger partial charge in [0.25, 0.3) is 5.91 Å². The Bertz CT molecular complexity index is 1250. The van der Waals surface area contributed by atoms with Gasteiger partial charge < -0.3 is 20.1 Å². The number of aromatic nitrogens is 2. The number of anilines is 2. The molecule has 2 N–H and O–H groups in total. The Balaban J connectivity index is 0.000000781. The van der Waals surface area contributed by atoms with Gasteiger partial charge in [0.15, 0.2) is 5.78 Å². The Morgan fingerprint density at radius 3 is 2.07 bits per heavy atom. The summed E-state index contributed by atoms with van der Waals surface area (Å²) in [6.07, 6.45) is 12.0. The zero-order valence-corrected chi connectivity index (χ0v) is 27.4. The largest absolute Gasteiger partial charge is 0.339 e. The van der Waals surface area contributed by atoms with Crippen molar-refractivity contribution in [3.63, 3.8) is 0 Å². The Kier molecular flexibility index (Phi) is 15.3. The molecule has 2 aromatic rings. The van der Waals surface area contributed by atoms with Crippen molar-refractivity contribution in [2.75, 3.05) is 31.5 Å². The third kappa shape index (κ3) is 10.9. The van der Waals surface area contributed by atoms with E-state index in [0.29, 0.717) is 36.2 Å². The zero-order valence-electron chi connectivity index (χ0n) is 27.4. The average molecular weight is 578 g/mol. The number of carbonyl (C=O) groups is 2. The van der Waals surface area contributed by atoms with E-state index in [1.165, 1.54) is 25.9 Å². The Morgan fingerprint density at radius 2 is 1.57 bits per heavy atom. The van der Waals surface area contributed by atoms with Gasteiger partial charge in [-0.2, -0.15) is 0 Å². The summed E-state index contributed by atoms with van der Waals surface area (Å²) in [5.74, 6) is 2.03. The molecule has 0 saturated carbocycles. The van der Waals surface area contributed by atoms with E-state index < -0.39 is 0 Å². The van der Waals surface area contributed by atoms with Gasteiger partial charge in [-0.25, -0.2) is 4.98 Å². The molecule has 0 bridgehead atoms. The highest BCUT2D eigenvalue weighted by Crippen LogP contribution is 2.16. The summed E-state index contributed by atoms with van der Waals surface area (Å²) in [6, 6.07) is 7.46. The van der Waals surface area contributed by atoms with Crippen molar-refractivity contribution in [3.05, 3.63) is 52.2 Å². The number of imidazole rings is 1. The molecule has 1 amide bonds. The van der Waals surface area contributed by atoms with Crippen molar-refractivity contribution in [2.45, 2.75) is 87.0 Å². The van der Waals surface area contributed by atoms with Crippen molar-refractivity contribution in [2.24, 2.45) is 18.9 Å². The molecule has 2 aliphatic rings. The summed E-state index contributed by atoms with van der Waals surface area (Å²) in [5.41, 5.74) is 2.30. The molecule has 7 nitrogen and oxygen atoms in total. The van der Waals surface area contributed by atoms with Gasteiger partial charge in [0, 0.05) is 43.4 Å². The van der Waals surface area contributed by atoms with Crippen molar-refractivity contribution in [1.29, 1.82) is 0 Å². The number of fused-ring (bicyclic) bond motifs is 1. The van der Waals surface area contributed by atoms with Gasteiger partial charge in [-0.1, -0.05) is 60.6 Å². The molecule has 7 heteroatoms. The van der Waals surface area contributed by atoms with E-state index in [2.05, 4.69) is 44.4 Å².